The first-order valence-electron chi connectivity index (χ1n) is 10.7. The maximum absolute atomic E-state index is 13.4. The third-order valence-corrected chi connectivity index (χ3v) is 5.62. The lowest BCUT2D eigenvalue weighted by molar-refractivity contribution is 0.306. The summed E-state index contributed by atoms with van der Waals surface area (Å²) in [4.78, 5) is 0. The molecule has 0 aliphatic carbocycles. The van der Waals surface area contributed by atoms with Crippen molar-refractivity contribution in [3.63, 3.8) is 0 Å². The monoisotopic (exact) mass is 422 g/mol. The van der Waals surface area contributed by atoms with Crippen LogP contribution >= 0.6 is 0 Å². The second kappa shape index (κ2) is 9.06. The molecule has 0 saturated heterocycles. The lowest BCUT2D eigenvalue weighted by Crippen LogP contribution is -2.18. The van der Waals surface area contributed by atoms with Gasteiger partial charge in [0.2, 0.25) is 0 Å². The molecule has 0 saturated carbocycles. The fraction of sp³-hybridized carbons (Fsp3) is 0.107. The summed E-state index contributed by atoms with van der Waals surface area (Å²) in [6.45, 7) is 0.539. The Balaban J connectivity index is 1.38. The van der Waals surface area contributed by atoms with Crippen LogP contribution in [0.25, 0.3) is 0 Å². The smallest absolute Gasteiger partial charge is 0.123 e. The van der Waals surface area contributed by atoms with Crippen LogP contribution in [0.1, 0.15) is 29.2 Å². The van der Waals surface area contributed by atoms with Crippen molar-refractivity contribution in [1.82, 2.24) is 0 Å². The second-order valence-electron chi connectivity index (χ2n) is 7.80. The molecule has 0 fully saturated rings. The fourth-order valence-electron chi connectivity index (χ4n) is 3.93. The van der Waals surface area contributed by atoms with Crippen LogP contribution in [0.3, 0.4) is 0 Å². The quantitative estimate of drug-likeness (QED) is 0.343. The van der Waals surface area contributed by atoms with Gasteiger partial charge in [-0.25, -0.2) is 4.39 Å². The Morgan fingerprint density at radius 3 is 2.12 bits per heavy atom. The Hall–Kier alpha value is -3.92. The van der Waals surface area contributed by atoms with Gasteiger partial charge < -0.3 is 4.74 Å². The molecule has 3 nitrogen and oxygen atoms in total. The van der Waals surface area contributed by atoms with E-state index in [1.807, 2.05) is 48.5 Å². The van der Waals surface area contributed by atoms with Crippen LogP contribution in [0.15, 0.2) is 114 Å². The average molecular weight is 423 g/mol. The number of para-hydroxylation sites is 1. The molecule has 0 radical (unpaired) electrons. The molecule has 4 aromatic rings. The molecule has 5 rings (SSSR count). The summed E-state index contributed by atoms with van der Waals surface area (Å²) in [5.74, 6) is 0.594. The topological polar surface area (TPSA) is 24.8 Å². The average Bonchev–Trinajstić information content (AvgIpc) is 3.30. The zero-order valence-corrected chi connectivity index (χ0v) is 17.6. The summed E-state index contributed by atoms with van der Waals surface area (Å²) in [5, 5.41) is 6.96. The number of hydrogen-bond donors (Lipinski definition) is 0. The van der Waals surface area contributed by atoms with Crippen molar-refractivity contribution >= 4 is 11.4 Å². The molecule has 32 heavy (non-hydrogen) atoms. The van der Waals surface area contributed by atoms with Gasteiger partial charge in [-0.05, 0) is 53.1 Å². The largest absolute Gasteiger partial charge is 0.489 e. The highest BCUT2D eigenvalue weighted by molar-refractivity contribution is 6.03. The third-order valence-electron chi connectivity index (χ3n) is 5.62. The summed E-state index contributed by atoms with van der Waals surface area (Å²) in [6, 6.07) is 35.1. The standard InChI is InChI=1S/C28H23FN2O/c29-24-15-11-22(12-16-24)27-19-28(31(30-27)25-9-5-2-6-10-25)23-13-17-26(18-14-23)32-20-21-7-3-1-4-8-21/h1-18,28H,19-20H2. The minimum atomic E-state index is -0.241. The number of anilines is 1. The van der Waals surface area contributed by atoms with E-state index in [-0.39, 0.29) is 11.9 Å². The predicted octanol–water partition coefficient (Wildman–Crippen LogP) is 6.76. The Kier molecular flexibility index (Phi) is 5.67. The lowest BCUT2D eigenvalue weighted by atomic mass is 9.98. The highest BCUT2D eigenvalue weighted by Crippen LogP contribution is 2.37. The Bertz CT molecular complexity index is 1190. The molecule has 4 heteroatoms. The minimum Gasteiger partial charge on any atom is -0.489 e. The number of rotatable bonds is 6. The fourth-order valence-corrected chi connectivity index (χ4v) is 3.93. The van der Waals surface area contributed by atoms with Gasteiger partial charge in [0, 0.05) is 6.42 Å². The Labute approximate surface area is 187 Å². The van der Waals surface area contributed by atoms with Gasteiger partial charge >= 0.3 is 0 Å². The summed E-state index contributed by atoms with van der Waals surface area (Å²) in [6.07, 6.45) is 0.741. The molecule has 158 valence electrons. The molecule has 1 heterocycles. The molecule has 0 bridgehead atoms. The van der Waals surface area contributed by atoms with E-state index in [1.165, 1.54) is 12.1 Å². The van der Waals surface area contributed by atoms with Gasteiger partial charge in [0.25, 0.3) is 0 Å². The molecule has 1 atom stereocenters. The number of ether oxygens (including phenoxy) is 1. The molecular weight excluding hydrogens is 399 g/mol. The van der Waals surface area contributed by atoms with Gasteiger partial charge in [0.1, 0.15) is 18.2 Å². The number of halogens is 1. The summed E-state index contributed by atoms with van der Waals surface area (Å²) < 4.78 is 19.3. The third kappa shape index (κ3) is 4.40. The number of hydrogen-bond acceptors (Lipinski definition) is 3. The van der Waals surface area contributed by atoms with Gasteiger partial charge in [-0.15, -0.1) is 0 Å². The molecule has 0 aromatic heterocycles. The minimum absolute atomic E-state index is 0.0561. The number of benzene rings is 4. The van der Waals surface area contributed by atoms with E-state index in [0.717, 1.165) is 40.3 Å². The predicted molar refractivity (Wildman–Crippen MR) is 126 cm³/mol. The van der Waals surface area contributed by atoms with Crippen LogP contribution in [-0.2, 0) is 6.61 Å². The van der Waals surface area contributed by atoms with Crippen LogP contribution < -0.4 is 9.75 Å². The first kappa shape index (κ1) is 20.0. The van der Waals surface area contributed by atoms with Crippen molar-refractivity contribution in [1.29, 1.82) is 0 Å². The van der Waals surface area contributed by atoms with Crippen molar-refractivity contribution in [2.24, 2.45) is 5.10 Å². The van der Waals surface area contributed by atoms with Gasteiger partial charge in [0.05, 0.1) is 17.4 Å². The van der Waals surface area contributed by atoms with E-state index < -0.39 is 0 Å². The van der Waals surface area contributed by atoms with Crippen LogP contribution in [-0.4, -0.2) is 5.71 Å². The Morgan fingerprint density at radius 2 is 1.44 bits per heavy atom. The number of nitrogens with zero attached hydrogens (tertiary/aromatic N) is 2. The maximum Gasteiger partial charge on any atom is 0.123 e. The van der Waals surface area contributed by atoms with Gasteiger partial charge in [-0.3, -0.25) is 5.01 Å². The van der Waals surface area contributed by atoms with E-state index in [2.05, 4.69) is 41.4 Å². The molecule has 4 aromatic carbocycles. The van der Waals surface area contributed by atoms with Crippen molar-refractivity contribution < 1.29 is 9.13 Å². The summed E-state index contributed by atoms with van der Waals surface area (Å²) >= 11 is 0. The molecule has 1 aliphatic rings. The molecular formula is C28H23FN2O. The first-order chi connectivity index (χ1) is 15.8. The van der Waals surface area contributed by atoms with Crippen molar-refractivity contribution in [2.75, 3.05) is 5.01 Å². The zero-order chi connectivity index (χ0) is 21.8. The molecule has 0 amide bonds. The van der Waals surface area contributed by atoms with E-state index in [9.17, 15) is 4.39 Å². The SMILES string of the molecule is Fc1ccc(C2=NN(c3ccccc3)C(c3ccc(OCc4ccccc4)cc3)C2)cc1. The van der Waals surface area contributed by atoms with Crippen molar-refractivity contribution in [3.05, 3.63) is 132 Å². The highest BCUT2D eigenvalue weighted by atomic mass is 19.1. The molecule has 1 aliphatic heterocycles. The first-order valence-corrected chi connectivity index (χ1v) is 10.7. The van der Waals surface area contributed by atoms with Crippen LogP contribution in [0, 0.1) is 5.82 Å². The zero-order valence-electron chi connectivity index (χ0n) is 17.6. The Morgan fingerprint density at radius 1 is 0.781 bits per heavy atom. The van der Waals surface area contributed by atoms with Crippen LogP contribution in [0.4, 0.5) is 10.1 Å². The molecule has 0 spiro atoms. The van der Waals surface area contributed by atoms with Gasteiger partial charge in [-0.1, -0.05) is 72.8 Å². The highest BCUT2D eigenvalue weighted by Gasteiger charge is 2.29. The van der Waals surface area contributed by atoms with Crippen LogP contribution in [0.2, 0.25) is 0 Å². The van der Waals surface area contributed by atoms with Crippen LogP contribution in [0.5, 0.6) is 5.75 Å². The summed E-state index contributed by atoms with van der Waals surface area (Å²) in [7, 11) is 0. The normalized spacial score (nSPS) is 15.5. The van der Waals surface area contributed by atoms with Crippen molar-refractivity contribution in [3.8, 4) is 5.75 Å². The second-order valence-corrected chi connectivity index (χ2v) is 7.80. The summed E-state index contributed by atoms with van der Waals surface area (Å²) in [5.41, 5.74) is 5.21. The molecule has 1 unspecified atom stereocenters. The number of hydrazone groups is 1. The van der Waals surface area contributed by atoms with Gasteiger partial charge in [0.15, 0.2) is 0 Å². The van der Waals surface area contributed by atoms with E-state index >= 15 is 0 Å². The van der Waals surface area contributed by atoms with E-state index in [0.29, 0.717) is 6.61 Å². The van der Waals surface area contributed by atoms with Crippen molar-refractivity contribution in [2.45, 2.75) is 19.1 Å². The van der Waals surface area contributed by atoms with E-state index in [4.69, 9.17) is 9.84 Å². The maximum atomic E-state index is 13.4. The van der Waals surface area contributed by atoms with E-state index in [1.54, 1.807) is 12.1 Å². The lowest BCUT2D eigenvalue weighted by Gasteiger charge is -2.24. The molecule has 0 N–H and O–H groups in total. The van der Waals surface area contributed by atoms with Gasteiger partial charge in [-0.2, -0.15) is 5.10 Å².